The zero-order valence-corrected chi connectivity index (χ0v) is 11.7. The molecule has 1 aliphatic heterocycles. The van der Waals surface area contributed by atoms with Crippen LogP contribution in [-0.4, -0.2) is 44.9 Å². The Bertz CT molecular complexity index is 300. The molecule has 17 heavy (non-hydrogen) atoms. The summed E-state index contributed by atoms with van der Waals surface area (Å²) in [5.74, 6) is 0. The minimum atomic E-state index is -3.29. The Labute approximate surface area is 105 Å². The maximum absolute atomic E-state index is 12.0. The van der Waals surface area contributed by atoms with Gasteiger partial charge in [-0.2, -0.15) is 12.7 Å². The third kappa shape index (κ3) is 4.91. The Morgan fingerprint density at radius 1 is 1.35 bits per heavy atom. The molecule has 2 N–H and O–H groups in total. The highest BCUT2D eigenvalue weighted by molar-refractivity contribution is 7.87. The summed E-state index contributed by atoms with van der Waals surface area (Å²) in [6.07, 6.45) is 4.31. The monoisotopic (exact) mass is 263 g/mol. The molecule has 0 saturated carbocycles. The molecule has 1 rings (SSSR count). The summed E-state index contributed by atoms with van der Waals surface area (Å²) >= 11 is 0. The van der Waals surface area contributed by atoms with Crippen molar-refractivity contribution in [1.29, 1.82) is 0 Å². The van der Waals surface area contributed by atoms with E-state index in [1.54, 1.807) is 11.2 Å². The summed E-state index contributed by atoms with van der Waals surface area (Å²) < 4.78 is 28.1. The predicted molar refractivity (Wildman–Crippen MR) is 70.1 cm³/mol. The molecule has 0 amide bonds. The van der Waals surface area contributed by atoms with E-state index in [0.29, 0.717) is 25.7 Å². The molecule has 1 aliphatic rings. The lowest BCUT2D eigenvalue weighted by molar-refractivity contribution is 0.310. The van der Waals surface area contributed by atoms with Crippen molar-refractivity contribution in [2.75, 3.05) is 26.2 Å². The van der Waals surface area contributed by atoms with Crippen LogP contribution in [0.25, 0.3) is 0 Å². The fraction of sp³-hybridized carbons (Fsp3) is 1.00. The van der Waals surface area contributed by atoms with Crippen molar-refractivity contribution < 1.29 is 8.42 Å². The Kier molecular flexibility index (Phi) is 6.40. The van der Waals surface area contributed by atoms with Gasteiger partial charge in [-0.25, -0.2) is 4.72 Å². The van der Waals surface area contributed by atoms with Gasteiger partial charge >= 0.3 is 0 Å². The van der Waals surface area contributed by atoms with Gasteiger partial charge in [-0.05, 0) is 25.8 Å². The van der Waals surface area contributed by atoms with Gasteiger partial charge in [-0.15, -0.1) is 0 Å². The average molecular weight is 263 g/mol. The molecule has 6 heteroatoms. The van der Waals surface area contributed by atoms with E-state index in [-0.39, 0.29) is 0 Å². The van der Waals surface area contributed by atoms with Gasteiger partial charge in [0, 0.05) is 25.7 Å². The minimum absolute atomic E-state index is 0.309. The van der Waals surface area contributed by atoms with E-state index in [2.05, 4.69) is 10.0 Å². The SMILES string of the molecule is CCCN(CC1CCCCN1)S(=O)(=O)NCC. The summed E-state index contributed by atoms with van der Waals surface area (Å²) in [4.78, 5) is 0. The Balaban J connectivity index is 2.58. The topological polar surface area (TPSA) is 61.4 Å². The lowest BCUT2D eigenvalue weighted by Crippen LogP contribution is -2.49. The molecule has 102 valence electrons. The second kappa shape index (κ2) is 7.31. The maximum atomic E-state index is 12.0. The van der Waals surface area contributed by atoms with E-state index in [4.69, 9.17) is 0 Å². The molecule has 1 atom stereocenters. The Hall–Kier alpha value is -0.170. The molecule has 0 aromatic heterocycles. The predicted octanol–water partition coefficient (Wildman–Crippen LogP) is 0.695. The maximum Gasteiger partial charge on any atom is 0.279 e. The van der Waals surface area contributed by atoms with Gasteiger partial charge in [0.05, 0.1) is 0 Å². The molecular formula is C11H25N3O2S. The molecule has 0 aromatic carbocycles. The number of nitrogens with zero attached hydrogens (tertiary/aromatic N) is 1. The van der Waals surface area contributed by atoms with Crippen LogP contribution in [0.1, 0.15) is 39.5 Å². The first-order chi connectivity index (χ1) is 8.10. The third-order valence-corrected chi connectivity index (χ3v) is 4.64. The molecule has 1 unspecified atom stereocenters. The second-order valence-corrected chi connectivity index (χ2v) is 6.26. The zero-order chi connectivity index (χ0) is 12.7. The second-order valence-electron chi connectivity index (χ2n) is 4.51. The molecule has 0 bridgehead atoms. The number of hydrogen-bond acceptors (Lipinski definition) is 3. The first kappa shape index (κ1) is 14.9. The normalized spacial score (nSPS) is 21.9. The van der Waals surface area contributed by atoms with Crippen molar-refractivity contribution >= 4 is 10.2 Å². The third-order valence-electron chi connectivity index (χ3n) is 2.98. The van der Waals surface area contributed by atoms with E-state index in [1.165, 1.54) is 12.8 Å². The van der Waals surface area contributed by atoms with Crippen LogP contribution in [0, 0.1) is 0 Å². The van der Waals surface area contributed by atoms with Gasteiger partial charge in [0.25, 0.3) is 10.2 Å². The first-order valence-electron chi connectivity index (χ1n) is 6.58. The molecule has 0 aliphatic carbocycles. The number of rotatable bonds is 7. The highest BCUT2D eigenvalue weighted by Crippen LogP contribution is 2.10. The summed E-state index contributed by atoms with van der Waals surface area (Å²) in [5.41, 5.74) is 0. The summed E-state index contributed by atoms with van der Waals surface area (Å²) in [6.45, 7) is 6.44. The zero-order valence-electron chi connectivity index (χ0n) is 10.9. The van der Waals surface area contributed by atoms with Gasteiger partial charge in [0.2, 0.25) is 0 Å². The van der Waals surface area contributed by atoms with Crippen molar-refractivity contribution in [3.8, 4) is 0 Å². The molecule has 5 nitrogen and oxygen atoms in total. The number of nitrogens with one attached hydrogen (secondary N) is 2. The van der Waals surface area contributed by atoms with E-state index in [0.717, 1.165) is 19.4 Å². The first-order valence-corrected chi connectivity index (χ1v) is 8.02. The minimum Gasteiger partial charge on any atom is -0.313 e. The van der Waals surface area contributed by atoms with E-state index in [1.807, 2.05) is 6.92 Å². The van der Waals surface area contributed by atoms with Crippen LogP contribution in [-0.2, 0) is 10.2 Å². The van der Waals surface area contributed by atoms with Gasteiger partial charge < -0.3 is 5.32 Å². The summed E-state index contributed by atoms with van der Waals surface area (Å²) in [5, 5.41) is 3.39. The largest absolute Gasteiger partial charge is 0.313 e. The van der Waals surface area contributed by atoms with Gasteiger partial charge in [-0.1, -0.05) is 20.3 Å². The average Bonchev–Trinajstić information content (AvgIpc) is 2.30. The fourth-order valence-electron chi connectivity index (χ4n) is 2.16. The van der Waals surface area contributed by atoms with Crippen LogP contribution in [0.5, 0.6) is 0 Å². The highest BCUT2D eigenvalue weighted by atomic mass is 32.2. The quantitative estimate of drug-likeness (QED) is 0.710. The van der Waals surface area contributed by atoms with Gasteiger partial charge in [0.15, 0.2) is 0 Å². The van der Waals surface area contributed by atoms with Crippen LogP contribution < -0.4 is 10.0 Å². The number of hydrogen-bond donors (Lipinski definition) is 2. The van der Waals surface area contributed by atoms with Crippen molar-refractivity contribution in [3.63, 3.8) is 0 Å². The molecular weight excluding hydrogens is 238 g/mol. The highest BCUT2D eigenvalue weighted by Gasteiger charge is 2.24. The fourth-order valence-corrected chi connectivity index (χ4v) is 3.50. The molecule has 1 saturated heterocycles. The van der Waals surface area contributed by atoms with Crippen molar-refractivity contribution in [2.45, 2.75) is 45.6 Å². The van der Waals surface area contributed by atoms with Gasteiger partial charge in [-0.3, -0.25) is 0 Å². The Morgan fingerprint density at radius 3 is 2.65 bits per heavy atom. The lowest BCUT2D eigenvalue weighted by atomic mass is 10.1. The lowest BCUT2D eigenvalue weighted by Gasteiger charge is -2.29. The summed E-state index contributed by atoms with van der Waals surface area (Å²) in [6, 6.07) is 0.309. The van der Waals surface area contributed by atoms with Gasteiger partial charge in [0.1, 0.15) is 0 Å². The summed E-state index contributed by atoms with van der Waals surface area (Å²) in [7, 11) is -3.29. The number of piperidine rings is 1. The molecule has 0 radical (unpaired) electrons. The van der Waals surface area contributed by atoms with E-state index < -0.39 is 10.2 Å². The van der Waals surface area contributed by atoms with Crippen LogP contribution in [0.2, 0.25) is 0 Å². The molecule has 1 heterocycles. The van der Waals surface area contributed by atoms with Crippen LogP contribution in [0.15, 0.2) is 0 Å². The van der Waals surface area contributed by atoms with Crippen molar-refractivity contribution in [1.82, 2.24) is 14.3 Å². The molecule has 0 spiro atoms. The standard InChI is InChI=1S/C11H25N3O2S/c1-3-9-14(17(15,16)13-4-2)10-11-7-5-6-8-12-11/h11-13H,3-10H2,1-2H3. The van der Waals surface area contributed by atoms with Crippen LogP contribution >= 0.6 is 0 Å². The van der Waals surface area contributed by atoms with Crippen molar-refractivity contribution in [2.24, 2.45) is 0 Å². The Morgan fingerprint density at radius 2 is 2.12 bits per heavy atom. The van der Waals surface area contributed by atoms with Crippen LogP contribution in [0.3, 0.4) is 0 Å². The smallest absolute Gasteiger partial charge is 0.279 e. The van der Waals surface area contributed by atoms with E-state index >= 15 is 0 Å². The molecule has 1 fully saturated rings. The van der Waals surface area contributed by atoms with Crippen molar-refractivity contribution in [3.05, 3.63) is 0 Å². The molecule has 0 aromatic rings. The van der Waals surface area contributed by atoms with Crippen LogP contribution in [0.4, 0.5) is 0 Å². The van der Waals surface area contributed by atoms with E-state index in [9.17, 15) is 8.42 Å².